The Morgan fingerprint density at radius 1 is 1.27 bits per heavy atom. The number of hydrogen-bond donors (Lipinski definition) is 1. The molecule has 0 aliphatic rings. The SMILES string of the molecule is Cc1cccc(Cn2nc(Br)c3c(C(N)=O)c(C)ccc32)n1. The molecular formula is C16H15BrN4O. The lowest BCUT2D eigenvalue weighted by atomic mass is 10.0. The van der Waals surface area contributed by atoms with Gasteiger partial charge in [-0.2, -0.15) is 5.10 Å². The number of aromatic nitrogens is 3. The predicted octanol–water partition coefficient (Wildman–Crippen LogP) is 2.96. The quantitative estimate of drug-likeness (QED) is 0.781. The Morgan fingerprint density at radius 3 is 2.73 bits per heavy atom. The zero-order valence-corrected chi connectivity index (χ0v) is 13.9. The lowest BCUT2D eigenvalue weighted by molar-refractivity contribution is 0.100. The predicted molar refractivity (Wildman–Crippen MR) is 88.8 cm³/mol. The van der Waals surface area contributed by atoms with Gasteiger partial charge in [0.2, 0.25) is 5.91 Å². The fraction of sp³-hybridized carbons (Fsp3) is 0.188. The van der Waals surface area contributed by atoms with Crippen LogP contribution in [0.1, 0.15) is 27.3 Å². The minimum Gasteiger partial charge on any atom is -0.366 e. The Labute approximate surface area is 136 Å². The second kappa shape index (κ2) is 5.53. The van der Waals surface area contributed by atoms with E-state index in [0.717, 1.165) is 27.9 Å². The van der Waals surface area contributed by atoms with Gasteiger partial charge in [0, 0.05) is 11.1 Å². The Bertz CT molecular complexity index is 885. The molecule has 0 aliphatic heterocycles. The van der Waals surface area contributed by atoms with Crippen LogP contribution in [-0.4, -0.2) is 20.7 Å². The highest BCUT2D eigenvalue weighted by Crippen LogP contribution is 2.29. The number of nitrogens with zero attached hydrogens (tertiary/aromatic N) is 3. The molecule has 0 saturated heterocycles. The van der Waals surface area contributed by atoms with Crippen LogP contribution in [0.15, 0.2) is 34.9 Å². The van der Waals surface area contributed by atoms with Gasteiger partial charge in [-0.25, -0.2) is 0 Å². The molecule has 112 valence electrons. The molecule has 5 nitrogen and oxygen atoms in total. The third-order valence-corrected chi connectivity index (χ3v) is 4.14. The molecule has 2 aromatic heterocycles. The van der Waals surface area contributed by atoms with Crippen molar-refractivity contribution in [3.63, 3.8) is 0 Å². The van der Waals surface area contributed by atoms with Gasteiger partial charge in [-0.05, 0) is 53.5 Å². The largest absolute Gasteiger partial charge is 0.366 e. The van der Waals surface area contributed by atoms with Crippen LogP contribution in [0.3, 0.4) is 0 Å². The van der Waals surface area contributed by atoms with Gasteiger partial charge in [-0.3, -0.25) is 14.5 Å². The summed E-state index contributed by atoms with van der Waals surface area (Å²) in [6, 6.07) is 9.71. The first-order valence-electron chi connectivity index (χ1n) is 6.85. The van der Waals surface area contributed by atoms with Gasteiger partial charge < -0.3 is 5.73 Å². The number of carbonyl (C=O) groups is 1. The summed E-state index contributed by atoms with van der Waals surface area (Å²) in [7, 11) is 0. The van der Waals surface area contributed by atoms with Gasteiger partial charge in [0.1, 0.15) is 4.60 Å². The summed E-state index contributed by atoms with van der Waals surface area (Å²) in [5.41, 5.74) is 9.60. The van der Waals surface area contributed by atoms with Crippen LogP contribution < -0.4 is 5.73 Å². The summed E-state index contributed by atoms with van der Waals surface area (Å²) in [4.78, 5) is 16.2. The maximum absolute atomic E-state index is 11.8. The number of hydrogen-bond acceptors (Lipinski definition) is 3. The Morgan fingerprint density at radius 2 is 2.05 bits per heavy atom. The van der Waals surface area contributed by atoms with Crippen molar-refractivity contribution in [1.29, 1.82) is 0 Å². The van der Waals surface area contributed by atoms with Crippen LogP contribution in [0.2, 0.25) is 0 Å². The summed E-state index contributed by atoms with van der Waals surface area (Å²) >= 11 is 3.44. The molecule has 0 bridgehead atoms. The van der Waals surface area contributed by atoms with Crippen LogP contribution in [0.25, 0.3) is 10.9 Å². The lowest BCUT2D eigenvalue weighted by Crippen LogP contribution is -2.13. The van der Waals surface area contributed by atoms with E-state index < -0.39 is 5.91 Å². The first-order chi connectivity index (χ1) is 10.5. The molecule has 0 aliphatic carbocycles. The molecule has 0 spiro atoms. The smallest absolute Gasteiger partial charge is 0.249 e. The highest BCUT2D eigenvalue weighted by molar-refractivity contribution is 9.10. The zero-order valence-electron chi connectivity index (χ0n) is 12.3. The number of amides is 1. The number of primary amides is 1. The number of nitrogens with two attached hydrogens (primary N) is 1. The van der Waals surface area contributed by atoms with Crippen molar-refractivity contribution in [3.05, 3.63) is 57.4 Å². The van der Waals surface area contributed by atoms with Crippen molar-refractivity contribution in [2.45, 2.75) is 20.4 Å². The van der Waals surface area contributed by atoms with Gasteiger partial charge in [-0.1, -0.05) is 12.1 Å². The molecule has 6 heteroatoms. The van der Waals surface area contributed by atoms with Crippen molar-refractivity contribution >= 4 is 32.7 Å². The molecule has 1 aromatic carbocycles. The van der Waals surface area contributed by atoms with Crippen molar-refractivity contribution in [2.75, 3.05) is 0 Å². The number of benzene rings is 1. The van der Waals surface area contributed by atoms with Gasteiger partial charge in [0.05, 0.1) is 23.3 Å². The second-order valence-electron chi connectivity index (χ2n) is 5.23. The third kappa shape index (κ3) is 2.50. The van der Waals surface area contributed by atoms with E-state index in [1.807, 2.05) is 48.9 Å². The summed E-state index contributed by atoms with van der Waals surface area (Å²) in [6.45, 7) is 4.35. The Kier molecular flexibility index (Phi) is 3.70. The van der Waals surface area contributed by atoms with Gasteiger partial charge in [-0.15, -0.1) is 0 Å². The van der Waals surface area contributed by atoms with Crippen LogP contribution in [0, 0.1) is 13.8 Å². The monoisotopic (exact) mass is 358 g/mol. The fourth-order valence-corrected chi connectivity index (χ4v) is 3.20. The molecule has 1 amide bonds. The van der Waals surface area contributed by atoms with Crippen molar-refractivity contribution in [2.24, 2.45) is 5.73 Å². The molecule has 0 unspecified atom stereocenters. The van der Waals surface area contributed by atoms with E-state index in [1.165, 1.54) is 0 Å². The van der Waals surface area contributed by atoms with E-state index in [2.05, 4.69) is 26.0 Å². The number of halogens is 1. The van der Waals surface area contributed by atoms with Gasteiger partial charge in [0.15, 0.2) is 0 Å². The minimum atomic E-state index is -0.447. The van der Waals surface area contributed by atoms with Gasteiger partial charge in [0.25, 0.3) is 0 Å². The van der Waals surface area contributed by atoms with Crippen LogP contribution in [0.4, 0.5) is 0 Å². The summed E-state index contributed by atoms with van der Waals surface area (Å²) in [6.07, 6.45) is 0. The topological polar surface area (TPSA) is 73.8 Å². The number of aryl methyl sites for hydroxylation is 2. The van der Waals surface area contributed by atoms with Crippen LogP contribution in [0.5, 0.6) is 0 Å². The van der Waals surface area contributed by atoms with Crippen molar-refractivity contribution in [3.8, 4) is 0 Å². The van der Waals surface area contributed by atoms with Crippen LogP contribution in [-0.2, 0) is 6.54 Å². The van der Waals surface area contributed by atoms with E-state index >= 15 is 0 Å². The molecule has 2 N–H and O–H groups in total. The number of pyridine rings is 1. The number of rotatable bonds is 3. The lowest BCUT2D eigenvalue weighted by Gasteiger charge is -2.06. The van der Waals surface area contributed by atoms with Gasteiger partial charge >= 0.3 is 0 Å². The average molecular weight is 359 g/mol. The average Bonchev–Trinajstić information content (AvgIpc) is 2.75. The van der Waals surface area contributed by atoms with Crippen molar-refractivity contribution < 1.29 is 4.79 Å². The van der Waals surface area contributed by atoms with E-state index in [9.17, 15) is 4.79 Å². The fourth-order valence-electron chi connectivity index (χ4n) is 2.61. The standard InChI is InChI=1S/C16H15BrN4O/c1-9-6-7-12-14(13(9)16(18)22)15(17)20-21(12)8-11-5-3-4-10(2)19-11/h3-7H,8H2,1-2H3,(H2,18,22). The molecular weight excluding hydrogens is 344 g/mol. The molecule has 0 fully saturated rings. The van der Waals surface area contributed by atoms with Crippen LogP contribution >= 0.6 is 15.9 Å². The Balaban J connectivity index is 2.16. The number of fused-ring (bicyclic) bond motifs is 1. The van der Waals surface area contributed by atoms with E-state index in [4.69, 9.17) is 5.73 Å². The highest BCUT2D eigenvalue weighted by atomic mass is 79.9. The molecule has 2 heterocycles. The summed E-state index contributed by atoms with van der Waals surface area (Å²) in [5, 5.41) is 5.23. The maximum Gasteiger partial charge on any atom is 0.249 e. The minimum absolute atomic E-state index is 0.447. The van der Waals surface area contributed by atoms with E-state index in [1.54, 1.807) is 0 Å². The summed E-state index contributed by atoms with van der Waals surface area (Å²) < 4.78 is 2.44. The molecule has 0 saturated carbocycles. The van der Waals surface area contributed by atoms with E-state index in [0.29, 0.717) is 16.7 Å². The normalized spacial score (nSPS) is 11.0. The third-order valence-electron chi connectivity index (χ3n) is 3.59. The molecule has 0 radical (unpaired) electrons. The molecule has 22 heavy (non-hydrogen) atoms. The van der Waals surface area contributed by atoms with E-state index in [-0.39, 0.29) is 0 Å². The van der Waals surface area contributed by atoms with Crippen molar-refractivity contribution in [1.82, 2.24) is 14.8 Å². The number of carbonyl (C=O) groups excluding carboxylic acids is 1. The second-order valence-corrected chi connectivity index (χ2v) is 5.99. The molecule has 3 aromatic rings. The summed E-state index contributed by atoms with van der Waals surface area (Å²) in [5.74, 6) is -0.447. The Hall–Kier alpha value is -2.21. The highest BCUT2D eigenvalue weighted by Gasteiger charge is 2.18. The first-order valence-corrected chi connectivity index (χ1v) is 7.64. The zero-order chi connectivity index (χ0) is 15.9. The first kappa shape index (κ1) is 14.7. The maximum atomic E-state index is 11.8. The molecule has 3 rings (SSSR count). The molecule has 0 atom stereocenters.